The summed E-state index contributed by atoms with van der Waals surface area (Å²) in [6, 6.07) is 0.446. The number of ether oxygens (including phenoxy) is 1. The van der Waals surface area contributed by atoms with Crippen molar-refractivity contribution in [3.63, 3.8) is 0 Å². The molecule has 1 aliphatic heterocycles. The van der Waals surface area contributed by atoms with E-state index in [4.69, 9.17) is 4.74 Å². The van der Waals surface area contributed by atoms with Crippen LogP contribution in [0.2, 0.25) is 0 Å². The van der Waals surface area contributed by atoms with Gasteiger partial charge in [-0.2, -0.15) is 5.10 Å². The predicted octanol–water partition coefficient (Wildman–Crippen LogP) is 2.73. The highest BCUT2D eigenvalue weighted by Gasteiger charge is 2.27. The van der Waals surface area contributed by atoms with Crippen molar-refractivity contribution >= 4 is 31.9 Å². The SMILES string of the molecule is CCc1nn(C)c(CN2CC(CBr)OCC2C)c1Br. The molecule has 0 aliphatic carbocycles. The lowest BCUT2D eigenvalue weighted by molar-refractivity contribution is -0.0507. The highest BCUT2D eigenvalue weighted by Crippen LogP contribution is 2.25. The van der Waals surface area contributed by atoms with E-state index < -0.39 is 0 Å². The summed E-state index contributed by atoms with van der Waals surface area (Å²) < 4.78 is 8.92. The zero-order valence-electron chi connectivity index (χ0n) is 11.7. The molecule has 0 radical (unpaired) electrons. The molecule has 1 aromatic heterocycles. The fourth-order valence-electron chi connectivity index (χ4n) is 2.37. The van der Waals surface area contributed by atoms with Gasteiger partial charge in [0.2, 0.25) is 0 Å². The van der Waals surface area contributed by atoms with Crippen LogP contribution in [-0.2, 0) is 24.8 Å². The van der Waals surface area contributed by atoms with Crippen LogP contribution in [0.4, 0.5) is 0 Å². The van der Waals surface area contributed by atoms with E-state index in [9.17, 15) is 0 Å². The Bertz CT molecular complexity index is 436. The Morgan fingerprint density at radius 1 is 1.47 bits per heavy atom. The molecule has 2 unspecified atom stereocenters. The number of aryl methyl sites for hydroxylation is 2. The van der Waals surface area contributed by atoms with Crippen LogP contribution in [0, 0.1) is 0 Å². The molecule has 1 fully saturated rings. The number of halogens is 2. The van der Waals surface area contributed by atoms with Gasteiger partial charge in [-0.3, -0.25) is 9.58 Å². The molecule has 0 bridgehead atoms. The van der Waals surface area contributed by atoms with Crippen LogP contribution >= 0.6 is 31.9 Å². The van der Waals surface area contributed by atoms with Crippen molar-refractivity contribution in [3.05, 3.63) is 15.9 Å². The molecule has 0 spiro atoms. The Hall–Kier alpha value is 0.0900. The summed E-state index contributed by atoms with van der Waals surface area (Å²) in [5, 5.41) is 5.45. The van der Waals surface area contributed by atoms with E-state index in [0.29, 0.717) is 6.04 Å². The highest BCUT2D eigenvalue weighted by atomic mass is 79.9. The van der Waals surface area contributed by atoms with Crippen LogP contribution in [0.25, 0.3) is 0 Å². The second-order valence-electron chi connectivity index (χ2n) is 5.07. The molecule has 6 heteroatoms. The predicted molar refractivity (Wildman–Crippen MR) is 83.7 cm³/mol. The van der Waals surface area contributed by atoms with Gasteiger partial charge in [-0.15, -0.1) is 0 Å². The minimum absolute atomic E-state index is 0.286. The standard InChI is InChI=1S/C13H21Br2N3O/c1-4-11-13(15)12(17(3)16-11)7-18-6-10(5-14)19-8-9(18)2/h9-10H,4-8H2,1-3H3. The van der Waals surface area contributed by atoms with E-state index in [1.54, 1.807) is 0 Å². The zero-order valence-corrected chi connectivity index (χ0v) is 14.9. The van der Waals surface area contributed by atoms with Gasteiger partial charge in [-0.25, -0.2) is 0 Å². The van der Waals surface area contributed by atoms with E-state index in [1.807, 2.05) is 11.7 Å². The van der Waals surface area contributed by atoms with E-state index in [0.717, 1.165) is 41.6 Å². The summed E-state index contributed by atoms with van der Waals surface area (Å²) in [6.45, 7) is 7.03. The van der Waals surface area contributed by atoms with Gasteiger partial charge in [-0.05, 0) is 29.3 Å². The number of rotatable bonds is 4. The number of alkyl halides is 1. The molecule has 4 nitrogen and oxygen atoms in total. The van der Waals surface area contributed by atoms with Crippen LogP contribution in [0.1, 0.15) is 25.2 Å². The molecule has 2 heterocycles. The Balaban J connectivity index is 2.13. The molecular weight excluding hydrogens is 374 g/mol. The first-order valence-electron chi connectivity index (χ1n) is 6.68. The number of hydrogen-bond acceptors (Lipinski definition) is 3. The molecule has 0 N–H and O–H groups in total. The lowest BCUT2D eigenvalue weighted by atomic mass is 10.2. The third-order valence-electron chi connectivity index (χ3n) is 3.66. The number of nitrogens with zero attached hydrogens (tertiary/aromatic N) is 3. The molecule has 2 atom stereocenters. The summed E-state index contributed by atoms with van der Waals surface area (Å²) in [7, 11) is 2.02. The molecule has 19 heavy (non-hydrogen) atoms. The maximum Gasteiger partial charge on any atom is 0.0799 e. The summed E-state index contributed by atoms with van der Waals surface area (Å²) >= 11 is 7.20. The van der Waals surface area contributed by atoms with Crippen LogP contribution in [0.15, 0.2) is 4.47 Å². The van der Waals surface area contributed by atoms with Gasteiger partial charge >= 0.3 is 0 Å². The molecule has 0 saturated carbocycles. The van der Waals surface area contributed by atoms with Crippen LogP contribution < -0.4 is 0 Å². The molecule has 1 aromatic rings. The zero-order chi connectivity index (χ0) is 14.0. The van der Waals surface area contributed by atoms with Crippen molar-refractivity contribution < 1.29 is 4.74 Å². The topological polar surface area (TPSA) is 30.3 Å². The fraction of sp³-hybridized carbons (Fsp3) is 0.769. The van der Waals surface area contributed by atoms with Gasteiger partial charge in [0.1, 0.15) is 0 Å². The third kappa shape index (κ3) is 3.40. The van der Waals surface area contributed by atoms with Crippen molar-refractivity contribution in [2.24, 2.45) is 7.05 Å². The van der Waals surface area contributed by atoms with Gasteiger partial charge in [0.25, 0.3) is 0 Å². The van der Waals surface area contributed by atoms with E-state index >= 15 is 0 Å². The summed E-state index contributed by atoms with van der Waals surface area (Å²) in [4.78, 5) is 2.47. The Kier molecular flexibility index (Phi) is 5.45. The summed E-state index contributed by atoms with van der Waals surface area (Å²) in [6.07, 6.45) is 1.24. The van der Waals surface area contributed by atoms with Crippen molar-refractivity contribution in [1.82, 2.24) is 14.7 Å². The minimum Gasteiger partial charge on any atom is -0.374 e. The second-order valence-corrected chi connectivity index (χ2v) is 6.51. The number of aromatic nitrogens is 2. The van der Waals surface area contributed by atoms with E-state index in [-0.39, 0.29) is 6.10 Å². The Morgan fingerprint density at radius 2 is 2.21 bits per heavy atom. The molecule has 0 amide bonds. The maximum atomic E-state index is 5.77. The van der Waals surface area contributed by atoms with Crippen molar-refractivity contribution in [2.45, 2.75) is 39.0 Å². The van der Waals surface area contributed by atoms with E-state index in [2.05, 4.69) is 55.7 Å². The maximum absolute atomic E-state index is 5.77. The smallest absolute Gasteiger partial charge is 0.0799 e. The van der Waals surface area contributed by atoms with Crippen LogP contribution in [0.3, 0.4) is 0 Å². The second kappa shape index (κ2) is 6.70. The average molecular weight is 395 g/mol. The largest absolute Gasteiger partial charge is 0.374 e. The fourth-order valence-corrected chi connectivity index (χ4v) is 3.51. The van der Waals surface area contributed by atoms with Crippen LogP contribution in [-0.4, -0.2) is 45.3 Å². The van der Waals surface area contributed by atoms with Crippen molar-refractivity contribution in [3.8, 4) is 0 Å². The molecule has 2 rings (SSSR count). The lowest BCUT2D eigenvalue weighted by Crippen LogP contribution is -2.48. The third-order valence-corrected chi connectivity index (χ3v) is 5.30. The lowest BCUT2D eigenvalue weighted by Gasteiger charge is -2.37. The van der Waals surface area contributed by atoms with Gasteiger partial charge < -0.3 is 4.74 Å². The monoisotopic (exact) mass is 393 g/mol. The minimum atomic E-state index is 0.286. The number of morpholine rings is 1. The Morgan fingerprint density at radius 3 is 2.79 bits per heavy atom. The first-order chi connectivity index (χ1) is 9.06. The first kappa shape index (κ1) is 15.5. The van der Waals surface area contributed by atoms with Gasteiger partial charge in [0, 0.05) is 31.5 Å². The quantitative estimate of drug-likeness (QED) is 0.735. The first-order valence-corrected chi connectivity index (χ1v) is 8.60. The van der Waals surface area contributed by atoms with Gasteiger partial charge in [0.05, 0.1) is 28.6 Å². The molecule has 0 aromatic carbocycles. The van der Waals surface area contributed by atoms with E-state index in [1.165, 1.54) is 5.69 Å². The van der Waals surface area contributed by atoms with Crippen molar-refractivity contribution in [1.29, 1.82) is 0 Å². The van der Waals surface area contributed by atoms with Crippen LogP contribution in [0.5, 0.6) is 0 Å². The molecule has 108 valence electrons. The van der Waals surface area contributed by atoms with Gasteiger partial charge in [-0.1, -0.05) is 22.9 Å². The molecule has 1 aliphatic rings. The van der Waals surface area contributed by atoms with Gasteiger partial charge in [0.15, 0.2) is 0 Å². The highest BCUT2D eigenvalue weighted by molar-refractivity contribution is 9.10. The summed E-state index contributed by atoms with van der Waals surface area (Å²) in [5.41, 5.74) is 2.38. The molecule has 1 saturated heterocycles. The molecular formula is C13H21Br2N3O. The van der Waals surface area contributed by atoms with Crippen molar-refractivity contribution in [2.75, 3.05) is 18.5 Å². The average Bonchev–Trinajstić information content (AvgIpc) is 2.68. The summed E-state index contributed by atoms with van der Waals surface area (Å²) in [5.74, 6) is 0. The normalized spacial score (nSPS) is 24.9. The Labute approximate surface area is 131 Å². The number of hydrogen-bond donors (Lipinski definition) is 0.